The Morgan fingerprint density at radius 3 is 1.21 bits per heavy atom. The topological polar surface area (TPSA) is 58.5 Å². The van der Waals surface area contributed by atoms with Gasteiger partial charge < -0.3 is 0 Å². The van der Waals surface area contributed by atoms with Crippen LogP contribution in [0, 0.1) is 0 Å². The van der Waals surface area contributed by atoms with Crippen molar-refractivity contribution in [3.05, 3.63) is 60.3 Å². The summed E-state index contributed by atoms with van der Waals surface area (Å²) in [5.74, 6) is 11.0. The summed E-state index contributed by atoms with van der Waals surface area (Å²) in [4.78, 5) is 0. The van der Waals surface area contributed by atoms with Crippen LogP contribution in [0.2, 0.25) is 0 Å². The van der Waals surface area contributed by atoms with Crippen molar-refractivity contribution in [2.75, 3.05) is 0 Å². The third-order valence-electron chi connectivity index (χ3n) is 2.04. The Labute approximate surface area is 82.7 Å². The Bertz CT molecular complexity index is 306. The van der Waals surface area contributed by atoms with Crippen LogP contribution in [-0.4, -0.2) is 10.0 Å². The average molecular weight is 188 g/mol. The zero-order chi connectivity index (χ0) is 9.97. The number of hydrogen-bond acceptors (Lipinski definition) is 4. The van der Waals surface area contributed by atoms with E-state index in [1.165, 1.54) is 10.0 Å². The van der Waals surface area contributed by atoms with Gasteiger partial charge in [-0.25, -0.2) is 11.7 Å². The molecule has 2 aliphatic rings. The Hall–Kier alpha value is -1.78. The molecule has 0 aromatic carbocycles. The minimum atomic E-state index is 1.12. The molecule has 0 unspecified atom stereocenters. The summed E-state index contributed by atoms with van der Waals surface area (Å²) >= 11 is 0. The maximum absolute atomic E-state index is 5.52. The van der Waals surface area contributed by atoms with Gasteiger partial charge in [-0.15, -0.1) is 0 Å². The van der Waals surface area contributed by atoms with Crippen LogP contribution in [0.15, 0.2) is 60.3 Å². The van der Waals surface area contributed by atoms with Crippen molar-refractivity contribution in [1.82, 2.24) is 10.0 Å². The highest BCUT2D eigenvalue weighted by Crippen LogP contribution is 2.17. The summed E-state index contributed by atoms with van der Waals surface area (Å²) in [6.07, 6.45) is 15.0. The lowest BCUT2D eigenvalue weighted by Crippen LogP contribution is -2.20. The molecule has 4 heteroatoms. The Kier molecular flexibility index (Phi) is 2.22. The van der Waals surface area contributed by atoms with E-state index in [0.717, 1.165) is 11.1 Å². The minimum absolute atomic E-state index is 1.12. The molecule has 0 aromatic heterocycles. The average Bonchev–Trinajstić information content (AvgIpc) is 2.21. The largest absolute Gasteiger partial charge is 0.294 e. The number of allylic oxidation sites excluding steroid dienone is 6. The van der Waals surface area contributed by atoms with E-state index in [1.807, 2.05) is 24.3 Å². The zero-order valence-electron chi connectivity index (χ0n) is 7.67. The molecule has 0 spiro atoms. The summed E-state index contributed by atoms with van der Waals surface area (Å²) in [5.41, 5.74) is 2.24. The van der Waals surface area contributed by atoms with Crippen molar-refractivity contribution in [2.24, 2.45) is 11.7 Å². The van der Waals surface area contributed by atoms with Gasteiger partial charge in [0.05, 0.1) is 0 Å². The molecular weight excluding hydrogens is 176 g/mol. The Morgan fingerprint density at radius 2 is 0.929 bits per heavy atom. The highest BCUT2D eigenvalue weighted by atomic mass is 15.4. The molecule has 2 aliphatic heterocycles. The van der Waals surface area contributed by atoms with Crippen LogP contribution in [0.25, 0.3) is 0 Å². The van der Waals surface area contributed by atoms with E-state index in [9.17, 15) is 0 Å². The zero-order valence-corrected chi connectivity index (χ0v) is 7.67. The fourth-order valence-corrected chi connectivity index (χ4v) is 1.26. The van der Waals surface area contributed by atoms with Crippen molar-refractivity contribution < 1.29 is 0 Å². The molecule has 0 saturated heterocycles. The van der Waals surface area contributed by atoms with E-state index in [1.54, 1.807) is 24.8 Å². The van der Waals surface area contributed by atoms with Crippen LogP contribution >= 0.6 is 0 Å². The summed E-state index contributed by atoms with van der Waals surface area (Å²) in [6, 6.07) is 0. The third kappa shape index (κ3) is 1.76. The van der Waals surface area contributed by atoms with Gasteiger partial charge in [0.2, 0.25) is 0 Å². The second-order valence-electron chi connectivity index (χ2n) is 3.07. The first-order chi connectivity index (χ1) is 6.75. The molecule has 0 fully saturated rings. The first kappa shape index (κ1) is 8.80. The summed E-state index contributed by atoms with van der Waals surface area (Å²) in [5, 5.41) is 3.02. The quantitative estimate of drug-likeness (QED) is 0.550. The molecule has 14 heavy (non-hydrogen) atoms. The first-order valence-electron chi connectivity index (χ1n) is 4.29. The van der Waals surface area contributed by atoms with Crippen LogP contribution in [0.4, 0.5) is 0 Å². The highest BCUT2D eigenvalue weighted by molar-refractivity contribution is 5.48. The number of nitrogens with two attached hydrogens (primary N) is 2. The van der Waals surface area contributed by atoms with Crippen molar-refractivity contribution in [3.8, 4) is 0 Å². The predicted octanol–water partition coefficient (Wildman–Crippen LogP) is 0.716. The Morgan fingerprint density at radius 1 is 0.643 bits per heavy atom. The van der Waals surface area contributed by atoms with Gasteiger partial charge in [0.15, 0.2) is 0 Å². The number of rotatable bonds is 0. The van der Waals surface area contributed by atoms with Gasteiger partial charge in [0, 0.05) is 24.8 Å². The van der Waals surface area contributed by atoms with Crippen LogP contribution in [0.5, 0.6) is 0 Å². The smallest absolute Gasteiger partial charge is 0.0212 e. The molecule has 0 aromatic rings. The van der Waals surface area contributed by atoms with Gasteiger partial charge in [0.25, 0.3) is 0 Å². The van der Waals surface area contributed by atoms with E-state index in [2.05, 4.69) is 0 Å². The molecule has 72 valence electrons. The number of hydrazine groups is 2. The number of nitrogens with zero attached hydrogens (tertiary/aromatic N) is 2. The fourth-order valence-electron chi connectivity index (χ4n) is 1.26. The van der Waals surface area contributed by atoms with E-state index >= 15 is 0 Å². The molecule has 0 saturated carbocycles. The maximum Gasteiger partial charge on any atom is 0.0212 e. The first-order valence-corrected chi connectivity index (χ1v) is 4.29. The van der Waals surface area contributed by atoms with Crippen molar-refractivity contribution in [1.29, 1.82) is 0 Å². The summed E-state index contributed by atoms with van der Waals surface area (Å²) in [7, 11) is 0. The van der Waals surface area contributed by atoms with Crippen LogP contribution in [0.3, 0.4) is 0 Å². The third-order valence-corrected chi connectivity index (χ3v) is 2.04. The van der Waals surface area contributed by atoms with Crippen LogP contribution in [0.1, 0.15) is 0 Å². The van der Waals surface area contributed by atoms with Gasteiger partial charge in [-0.3, -0.25) is 10.0 Å². The van der Waals surface area contributed by atoms with E-state index in [4.69, 9.17) is 11.7 Å². The molecule has 2 rings (SSSR count). The molecule has 4 N–H and O–H groups in total. The van der Waals surface area contributed by atoms with Gasteiger partial charge >= 0.3 is 0 Å². The fraction of sp³-hybridized carbons (Fsp3) is 0. The highest BCUT2D eigenvalue weighted by Gasteiger charge is 2.02. The molecule has 0 radical (unpaired) electrons. The number of hydrogen-bond donors (Lipinski definition) is 2. The lowest BCUT2D eigenvalue weighted by atomic mass is 10.1. The van der Waals surface area contributed by atoms with E-state index in [0.29, 0.717) is 0 Å². The van der Waals surface area contributed by atoms with Crippen LogP contribution < -0.4 is 11.7 Å². The molecule has 0 amide bonds. The van der Waals surface area contributed by atoms with E-state index < -0.39 is 0 Å². The molecule has 0 aliphatic carbocycles. The lowest BCUT2D eigenvalue weighted by molar-refractivity contribution is 0.533. The molecular formula is C10H12N4. The predicted molar refractivity (Wildman–Crippen MR) is 55.6 cm³/mol. The van der Waals surface area contributed by atoms with Gasteiger partial charge in [-0.2, -0.15) is 0 Å². The monoisotopic (exact) mass is 188 g/mol. The normalized spacial score (nSPS) is 19.9. The van der Waals surface area contributed by atoms with Crippen molar-refractivity contribution >= 4 is 0 Å². The van der Waals surface area contributed by atoms with E-state index in [-0.39, 0.29) is 0 Å². The molecule has 2 heterocycles. The van der Waals surface area contributed by atoms with Gasteiger partial charge in [0.1, 0.15) is 0 Å². The molecule has 0 bridgehead atoms. The minimum Gasteiger partial charge on any atom is -0.294 e. The standard InChI is InChI=1S/C10H12N4/c11-13-5-1-9(2-6-13)10-3-7-14(12)8-4-10/h1-8H,11-12H2. The SMILES string of the molecule is NN1C=CC(=C2C=CN(N)C=C2)C=C1. The lowest BCUT2D eigenvalue weighted by Gasteiger charge is -2.16. The maximum atomic E-state index is 5.52. The second kappa shape index (κ2) is 3.53. The molecule has 0 atom stereocenters. The van der Waals surface area contributed by atoms with Crippen molar-refractivity contribution in [3.63, 3.8) is 0 Å². The molecule has 4 nitrogen and oxygen atoms in total. The van der Waals surface area contributed by atoms with Gasteiger partial charge in [-0.05, 0) is 35.5 Å². The summed E-state index contributed by atoms with van der Waals surface area (Å²) in [6.45, 7) is 0. The van der Waals surface area contributed by atoms with Gasteiger partial charge in [-0.1, -0.05) is 0 Å². The van der Waals surface area contributed by atoms with Crippen LogP contribution in [-0.2, 0) is 0 Å². The second-order valence-corrected chi connectivity index (χ2v) is 3.07. The Balaban J connectivity index is 2.26. The summed E-state index contributed by atoms with van der Waals surface area (Å²) < 4.78 is 0. The van der Waals surface area contributed by atoms with Crippen molar-refractivity contribution in [2.45, 2.75) is 0 Å².